The van der Waals surface area contributed by atoms with E-state index in [1.807, 2.05) is 12.1 Å². The Balaban J connectivity index is 0.000000675. The van der Waals surface area contributed by atoms with Gasteiger partial charge in [-0.15, -0.1) is 0 Å². The van der Waals surface area contributed by atoms with Gasteiger partial charge in [-0.1, -0.05) is 26.0 Å². The third kappa shape index (κ3) is 9.30. The number of aliphatic carboxylic acids is 1. The highest BCUT2D eigenvalue weighted by molar-refractivity contribution is 7.89. The van der Waals surface area contributed by atoms with Crippen molar-refractivity contribution < 1.29 is 36.3 Å². The van der Waals surface area contributed by atoms with Crippen LogP contribution in [0.25, 0.3) is 0 Å². The molecular weight excluding hydrogens is 463 g/mol. The average Bonchev–Trinajstić information content (AvgIpc) is 2.71. The van der Waals surface area contributed by atoms with E-state index in [1.54, 1.807) is 30.9 Å². The monoisotopic (exact) mass is 495 g/mol. The summed E-state index contributed by atoms with van der Waals surface area (Å²) < 4.78 is 59.2. The minimum atomic E-state index is -5.08. The van der Waals surface area contributed by atoms with Crippen molar-refractivity contribution >= 4 is 21.9 Å². The first-order valence-electron chi connectivity index (χ1n) is 10.6. The van der Waals surface area contributed by atoms with Gasteiger partial charge in [0.15, 0.2) is 0 Å². The maximum Gasteiger partial charge on any atom is 0.490 e. The molecule has 0 atom stereocenters. The van der Waals surface area contributed by atoms with Crippen LogP contribution >= 0.6 is 0 Å². The quantitative estimate of drug-likeness (QED) is 0.602. The third-order valence-corrected chi connectivity index (χ3v) is 6.79. The van der Waals surface area contributed by atoms with Gasteiger partial charge in [-0.2, -0.15) is 17.5 Å². The molecule has 1 aromatic rings. The minimum absolute atomic E-state index is 0.117. The molecule has 12 heteroatoms. The number of carbonyl (C=O) groups is 2. The lowest BCUT2D eigenvalue weighted by Crippen LogP contribution is -2.51. The Morgan fingerprint density at radius 1 is 1.09 bits per heavy atom. The third-order valence-electron chi connectivity index (χ3n) is 4.75. The molecule has 0 aliphatic carbocycles. The van der Waals surface area contributed by atoms with Crippen molar-refractivity contribution in [1.29, 1.82) is 0 Å². The second-order valence-corrected chi connectivity index (χ2v) is 10.2. The van der Waals surface area contributed by atoms with Crippen molar-refractivity contribution in [2.45, 2.75) is 51.2 Å². The van der Waals surface area contributed by atoms with Crippen LogP contribution < -0.4 is 5.32 Å². The van der Waals surface area contributed by atoms with Crippen LogP contribution in [0.5, 0.6) is 0 Å². The molecule has 0 unspecified atom stereocenters. The number of carboxylic acid groups (broad SMARTS) is 1. The number of piperazine rings is 1. The Morgan fingerprint density at radius 3 is 1.97 bits per heavy atom. The number of carboxylic acids is 1. The summed E-state index contributed by atoms with van der Waals surface area (Å²) in [4.78, 5) is 23.4. The molecule has 1 saturated heterocycles. The molecule has 2 N–H and O–H groups in total. The fourth-order valence-corrected chi connectivity index (χ4v) is 4.68. The Morgan fingerprint density at radius 2 is 1.58 bits per heavy atom. The summed E-state index contributed by atoms with van der Waals surface area (Å²) in [5.74, 6) is -2.38. The lowest BCUT2D eigenvalue weighted by molar-refractivity contribution is -0.192. The molecule has 1 aliphatic heterocycles. The molecule has 188 valence electrons. The smallest absolute Gasteiger partial charge is 0.475 e. The highest BCUT2D eigenvalue weighted by atomic mass is 32.2. The molecule has 1 heterocycles. The molecule has 33 heavy (non-hydrogen) atoms. The summed E-state index contributed by atoms with van der Waals surface area (Å²) in [7, 11) is -3.71. The van der Waals surface area contributed by atoms with Crippen LogP contribution in [0, 0.1) is 5.92 Å². The molecule has 1 amide bonds. The SMILES string of the molecule is CC(C)Cc1ccc(S(=O)(=O)N(CC(=O)N2CCNCC2)C(C)C)cc1.O=C(O)C(F)(F)F. The second-order valence-electron chi connectivity index (χ2n) is 8.32. The molecule has 0 radical (unpaired) electrons. The number of alkyl halides is 3. The largest absolute Gasteiger partial charge is 0.490 e. The molecule has 2 rings (SSSR count). The molecule has 1 fully saturated rings. The van der Waals surface area contributed by atoms with Gasteiger partial charge < -0.3 is 15.3 Å². The summed E-state index contributed by atoms with van der Waals surface area (Å²) in [5.41, 5.74) is 1.12. The zero-order valence-corrected chi connectivity index (χ0v) is 20.0. The maximum absolute atomic E-state index is 13.1. The van der Waals surface area contributed by atoms with E-state index in [2.05, 4.69) is 19.2 Å². The molecule has 0 bridgehead atoms. The highest BCUT2D eigenvalue weighted by Gasteiger charge is 2.38. The van der Waals surface area contributed by atoms with Crippen LogP contribution in [0.1, 0.15) is 33.3 Å². The van der Waals surface area contributed by atoms with E-state index in [4.69, 9.17) is 9.90 Å². The topological polar surface area (TPSA) is 107 Å². The first-order chi connectivity index (χ1) is 15.2. The maximum atomic E-state index is 13.1. The summed E-state index contributed by atoms with van der Waals surface area (Å²) in [6.07, 6.45) is -4.17. The molecule has 0 saturated carbocycles. The molecule has 1 aliphatic rings. The van der Waals surface area contributed by atoms with Gasteiger partial charge in [0.2, 0.25) is 15.9 Å². The Hall–Kier alpha value is -2.18. The predicted molar refractivity (Wildman–Crippen MR) is 117 cm³/mol. The van der Waals surface area contributed by atoms with E-state index >= 15 is 0 Å². The molecule has 0 aromatic heterocycles. The van der Waals surface area contributed by atoms with Crippen LogP contribution in [0.15, 0.2) is 29.2 Å². The van der Waals surface area contributed by atoms with Crippen LogP contribution in [-0.2, 0) is 26.0 Å². The molecule has 0 spiro atoms. The number of halogens is 3. The predicted octanol–water partition coefficient (Wildman–Crippen LogP) is 2.35. The normalized spacial score (nSPS) is 14.9. The fourth-order valence-electron chi connectivity index (χ4n) is 3.10. The van der Waals surface area contributed by atoms with Gasteiger partial charge in [0.1, 0.15) is 0 Å². The number of hydrogen-bond acceptors (Lipinski definition) is 5. The lowest BCUT2D eigenvalue weighted by atomic mass is 10.0. The van der Waals surface area contributed by atoms with Gasteiger partial charge in [-0.25, -0.2) is 13.2 Å². The van der Waals surface area contributed by atoms with Crippen molar-refractivity contribution in [1.82, 2.24) is 14.5 Å². The van der Waals surface area contributed by atoms with Gasteiger partial charge in [-0.05, 0) is 43.9 Å². The number of sulfonamides is 1. The van der Waals surface area contributed by atoms with Crippen molar-refractivity contribution in [3.63, 3.8) is 0 Å². The van der Waals surface area contributed by atoms with E-state index in [1.165, 1.54) is 4.31 Å². The lowest BCUT2D eigenvalue weighted by Gasteiger charge is -2.31. The number of hydrogen-bond donors (Lipinski definition) is 2. The van der Waals surface area contributed by atoms with E-state index < -0.39 is 22.2 Å². The highest BCUT2D eigenvalue weighted by Crippen LogP contribution is 2.20. The van der Waals surface area contributed by atoms with Gasteiger partial charge in [0.05, 0.1) is 11.4 Å². The first kappa shape index (κ1) is 28.9. The average molecular weight is 496 g/mol. The molecule has 1 aromatic carbocycles. The molecular formula is C21H32F3N3O5S. The van der Waals surface area contributed by atoms with Crippen molar-refractivity contribution in [2.75, 3.05) is 32.7 Å². The zero-order chi connectivity index (χ0) is 25.4. The van der Waals surface area contributed by atoms with Crippen LogP contribution in [0.4, 0.5) is 13.2 Å². The zero-order valence-electron chi connectivity index (χ0n) is 19.2. The van der Waals surface area contributed by atoms with E-state index in [0.29, 0.717) is 19.0 Å². The molecule has 8 nitrogen and oxygen atoms in total. The van der Waals surface area contributed by atoms with Gasteiger partial charge in [0.25, 0.3) is 0 Å². The summed E-state index contributed by atoms with van der Waals surface area (Å²) in [6, 6.07) is 6.74. The Bertz CT molecular complexity index is 881. The summed E-state index contributed by atoms with van der Waals surface area (Å²) in [6.45, 7) is 10.5. The van der Waals surface area contributed by atoms with E-state index in [-0.39, 0.29) is 23.4 Å². The summed E-state index contributed by atoms with van der Waals surface area (Å²) in [5, 5.41) is 10.3. The van der Waals surface area contributed by atoms with Crippen molar-refractivity contribution in [3.8, 4) is 0 Å². The van der Waals surface area contributed by atoms with Gasteiger partial charge >= 0.3 is 12.1 Å². The van der Waals surface area contributed by atoms with Gasteiger partial charge in [0, 0.05) is 32.2 Å². The number of nitrogens with one attached hydrogen (secondary N) is 1. The van der Waals surface area contributed by atoms with E-state index in [9.17, 15) is 26.4 Å². The number of amides is 1. The second kappa shape index (κ2) is 12.3. The Labute approximate surface area is 192 Å². The summed E-state index contributed by atoms with van der Waals surface area (Å²) >= 11 is 0. The number of benzene rings is 1. The van der Waals surface area contributed by atoms with Crippen LogP contribution in [-0.4, -0.2) is 79.5 Å². The minimum Gasteiger partial charge on any atom is -0.475 e. The number of carbonyl (C=O) groups excluding carboxylic acids is 1. The first-order valence-corrected chi connectivity index (χ1v) is 12.0. The fraction of sp³-hybridized carbons (Fsp3) is 0.619. The van der Waals surface area contributed by atoms with Crippen LogP contribution in [0.3, 0.4) is 0 Å². The van der Waals surface area contributed by atoms with Crippen LogP contribution in [0.2, 0.25) is 0 Å². The number of rotatable bonds is 7. The number of nitrogens with zero attached hydrogens (tertiary/aromatic N) is 2. The van der Waals surface area contributed by atoms with Crippen molar-refractivity contribution in [3.05, 3.63) is 29.8 Å². The van der Waals surface area contributed by atoms with E-state index in [0.717, 1.165) is 25.1 Å². The Kier molecular flexibility index (Phi) is 10.8. The standard InChI is InChI=1S/C19H31N3O3S.C2HF3O2/c1-15(2)13-17-5-7-18(8-6-17)26(24,25)22(16(3)4)14-19(23)21-11-9-20-10-12-21;3-2(4,5)1(6)7/h5-8,15-16,20H,9-14H2,1-4H3;(H,6,7). The van der Waals surface area contributed by atoms with Gasteiger partial charge in [-0.3, -0.25) is 4.79 Å². The van der Waals surface area contributed by atoms with Crippen molar-refractivity contribution in [2.24, 2.45) is 5.92 Å².